The van der Waals surface area contributed by atoms with Crippen molar-refractivity contribution in [3.05, 3.63) is 0 Å². The SMILES string of the molecule is CCCOCCC[Si](OC)(OC)O[Si](O)(CCCOCCO)OC.CO[Si](O)(CCCOCCO)OC. The molecular formula is C21H52O13Si3. The highest BCUT2D eigenvalue weighted by Crippen LogP contribution is 2.24. The van der Waals surface area contributed by atoms with Crippen LogP contribution in [0.1, 0.15) is 32.6 Å². The maximum absolute atomic E-state index is 10.6. The van der Waals surface area contributed by atoms with Crippen LogP contribution in [0, 0.1) is 0 Å². The lowest BCUT2D eigenvalue weighted by atomic mass is 10.5. The van der Waals surface area contributed by atoms with E-state index in [2.05, 4.69) is 6.92 Å². The van der Waals surface area contributed by atoms with Crippen molar-refractivity contribution in [3.63, 3.8) is 0 Å². The summed E-state index contributed by atoms with van der Waals surface area (Å²) in [5.74, 6) is 0. The van der Waals surface area contributed by atoms with Gasteiger partial charge in [0.1, 0.15) is 0 Å². The van der Waals surface area contributed by atoms with Crippen molar-refractivity contribution in [1.82, 2.24) is 0 Å². The first-order valence-corrected chi connectivity index (χ1v) is 18.4. The van der Waals surface area contributed by atoms with E-state index in [4.69, 9.17) is 50.7 Å². The van der Waals surface area contributed by atoms with Crippen LogP contribution >= 0.6 is 0 Å². The Balaban J connectivity index is 0. The van der Waals surface area contributed by atoms with E-state index in [9.17, 15) is 9.59 Å². The molecule has 0 saturated carbocycles. The van der Waals surface area contributed by atoms with E-state index < -0.39 is 26.4 Å². The van der Waals surface area contributed by atoms with Crippen LogP contribution in [0.4, 0.5) is 0 Å². The molecule has 4 N–H and O–H groups in total. The number of aliphatic hydroxyl groups excluding tert-OH is 2. The van der Waals surface area contributed by atoms with Crippen LogP contribution in [0.2, 0.25) is 18.1 Å². The lowest BCUT2D eigenvalue weighted by Crippen LogP contribution is -2.56. The van der Waals surface area contributed by atoms with E-state index in [1.165, 1.54) is 35.5 Å². The number of hydrogen-bond donors (Lipinski definition) is 4. The van der Waals surface area contributed by atoms with Crippen LogP contribution in [-0.4, -0.2) is 135 Å². The minimum atomic E-state index is -3.41. The molecule has 0 fully saturated rings. The fourth-order valence-corrected chi connectivity index (χ4v) is 9.79. The molecule has 0 aliphatic carbocycles. The molecule has 1 atom stereocenters. The van der Waals surface area contributed by atoms with Gasteiger partial charge in [0.15, 0.2) is 0 Å². The molecule has 16 heteroatoms. The highest BCUT2D eigenvalue weighted by molar-refractivity contribution is 6.74. The van der Waals surface area contributed by atoms with Gasteiger partial charge in [-0.3, -0.25) is 0 Å². The first-order chi connectivity index (χ1) is 17.7. The summed E-state index contributed by atoms with van der Waals surface area (Å²) in [5, 5.41) is 17.1. The summed E-state index contributed by atoms with van der Waals surface area (Å²) in [6.45, 7) is 4.91. The predicted octanol–water partition coefficient (Wildman–Crippen LogP) is 0.637. The number of aliphatic hydroxyl groups is 2. The molecule has 0 aromatic rings. The number of hydrogen-bond acceptors (Lipinski definition) is 13. The Morgan fingerprint density at radius 1 is 0.514 bits per heavy atom. The molecule has 1 unspecified atom stereocenters. The third kappa shape index (κ3) is 20.7. The Hall–Kier alpha value is 0.131. The molecule has 0 amide bonds. The first kappa shape index (κ1) is 39.3. The van der Waals surface area contributed by atoms with Gasteiger partial charge in [-0.25, -0.2) is 0 Å². The average molecular weight is 597 g/mol. The van der Waals surface area contributed by atoms with Crippen LogP contribution < -0.4 is 0 Å². The van der Waals surface area contributed by atoms with Crippen LogP contribution in [-0.2, 0) is 40.5 Å². The smallest absolute Gasteiger partial charge is 0.394 e. The Bertz CT molecular complexity index is 489. The summed E-state index contributed by atoms with van der Waals surface area (Å²) in [4.78, 5) is 20.2. The van der Waals surface area contributed by atoms with Crippen molar-refractivity contribution in [2.75, 3.05) is 88.4 Å². The third-order valence-corrected chi connectivity index (χ3v) is 13.7. The Labute approximate surface area is 225 Å². The minimum Gasteiger partial charge on any atom is -0.394 e. The summed E-state index contributed by atoms with van der Waals surface area (Å²) in [7, 11) is -1.97. The molecule has 0 aromatic carbocycles. The number of ether oxygens (including phenoxy) is 3. The van der Waals surface area contributed by atoms with Gasteiger partial charge in [-0.2, -0.15) is 0 Å². The zero-order chi connectivity index (χ0) is 28.5. The molecule has 0 aliphatic rings. The molecule has 0 bridgehead atoms. The summed E-state index contributed by atoms with van der Waals surface area (Å²) < 4.78 is 47.6. The second-order valence-corrected chi connectivity index (χ2v) is 16.4. The Morgan fingerprint density at radius 3 is 1.30 bits per heavy atom. The van der Waals surface area contributed by atoms with Crippen molar-refractivity contribution in [3.8, 4) is 0 Å². The molecule has 0 rings (SSSR count). The standard InChI is InChI=1S/C14H34O8Si2.C7H18O5Si/c1-5-9-20-11-7-14-24(18-3,19-4)22-23(16,17-2)13-6-10-21-12-8-15;1-10-13(9,11-2)7-3-5-12-6-4-8/h15-16H,5-14H2,1-4H3;8-9H,3-7H2,1-2H3. The van der Waals surface area contributed by atoms with Gasteiger partial charge >= 0.3 is 26.4 Å². The van der Waals surface area contributed by atoms with Gasteiger partial charge in [-0.15, -0.1) is 0 Å². The van der Waals surface area contributed by atoms with Crippen molar-refractivity contribution in [2.24, 2.45) is 0 Å². The van der Waals surface area contributed by atoms with Gasteiger partial charge in [0.2, 0.25) is 0 Å². The fraction of sp³-hybridized carbons (Fsp3) is 1.00. The minimum absolute atomic E-state index is 0.0219. The van der Waals surface area contributed by atoms with Crippen LogP contribution in [0.15, 0.2) is 0 Å². The van der Waals surface area contributed by atoms with Crippen LogP contribution in [0.5, 0.6) is 0 Å². The summed E-state index contributed by atoms with van der Waals surface area (Å²) in [6, 6.07) is 1.36. The molecule has 13 nitrogen and oxygen atoms in total. The van der Waals surface area contributed by atoms with Crippen molar-refractivity contribution in [2.45, 2.75) is 50.7 Å². The average Bonchev–Trinajstić information content (AvgIpc) is 2.92. The van der Waals surface area contributed by atoms with Crippen LogP contribution in [0.25, 0.3) is 0 Å². The Morgan fingerprint density at radius 2 is 0.919 bits per heavy atom. The summed E-state index contributed by atoms with van der Waals surface area (Å²) in [6.07, 6.45) is 2.93. The van der Waals surface area contributed by atoms with Crippen molar-refractivity contribution >= 4 is 26.4 Å². The maximum Gasteiger partial charge on any atom is 0.497 e. The second-order valence-electron chi connectivity index (χ2n) is 7.83. The van der Waals surface area contributed by atoms with Gasteiger partial charge in [0.05, 0.1) is 26.4 Å². The fourth-order valence-electron chi connectivity index (χ4n) is 2.91. The molecule has 0 aliphatic heterocycles. The van der Waals surface area contributed by atoms with E-state index >= 15 is 0 Å². The molecule has 0 saturated heterocycles. The van der Waals surface area contributed by atoms with Gasteiger partial charge in [0, 0.05) is 80.1 Å². The van der Waals surface area contributed by atoms with E-state index in [1.807, 2.05) is 0 Å². The monoisotopic (exact) mass is 596 g/mol. The highest BCUT2D eigenvalue weighted by atomic mass is 28.5. The van der Waals surface area contributed by atoms with Gasteiger partial charge in [0.25, 0.3) is 0 Å². The van der Waals surface area contributed by atoms with E-state index in [0.717, 1.165) is 19.4 Å². The molecule has 0 spiro atoms. The zero-order valence-corrected chi connectivity index (χ0v) is 26.6. The summed E-state index contributed by atoms with van der Waals surface area (Å²) >= 11 is 0. The molecular weight excluding hydrogens is 544 g/mol. The molecule has 0 aromatic heterocycles. The molecule has 226 valence electrons. The van der Waals surface area contributed by atoms with Gasteiger partial charge in [-0.1, -0.05) is 6.92 Å². The maximum atomic E-state index is 10.6. The van der Waals surface area contributed by atoms with Gasteiger partial charge in [-0.05, 0) is 25.7 Å². The lowest BCUT2D eigenvalue weighted by Gasteiger charge is -2.33. The van der Waals surface area contributed by atoms with Gasteiger partial charge < -0.3 is 60.3 Å². The van der Waals surface area contributed by atoms with Crippen molar-refractivity contribution < 1.29 is 60.3 Å². The zero-order valence-electron chi connectivity index (χ0n) is 23.6. The van der Waals surface area contributed by atoms with E-state index in [0.29, 0.717) is 57.4 Å². The highest BCUT2D eigenvalue weighted by Gasteiger charge is 2.49. The van der Waals surface area contributed by atoms with Crippen molar-refractivity contribution in [1.29, 1.82) is 0 Å². The topological polar surface area (TPSA) is 164 Å². The normalized spacial score (nSPS) is 13.8. The molecule has 0 radical (unpaired) electrons. The quantitative estimate of drug-likeness (QED) is 0.0858. The number of rotatable bonds is 25. The second kappa shape index (κ2) is 25.1. The molecule has 0 heterocycles. The van der Waals surface area contributed by atoms with Crippen LogP contribution in [0.3, 0.4) is 0 Å². The first-order valence-electron chi connectivity index (χ1n) is 12.5. The van der Waals surface area contributed by atoms with E-state index in [1.54, 1.807) is 0 Å². The van der Waals surface area contributed by atoms with E-state index in [-0.39, 0.29) is 19.8 Å². The lowest BCUT2D eigenvalue weighted by molar-refractivity contribution is 0.0801. The molecule has 37 heavy (non-hydrogen) atoms. The third-order valence-electron chi connectivity index (χ3n) is 5.05. The predicted molar refractivity (Wildman–Crippen MR) is 143 cm³/mol. The Kier molecular flexibility index (Phi) is 26.7. The largest absolute Gasteiger partial charge is 0.497 e. The summed E-state index contributed by atoms with van der Waals surface area (Å²) in [5.41, 5.74) is 0.